The predicted octanol–water partition coefficient (Wildman–Crippen LogP) is 4.45. The first-order valence-electron chi connectivity index (χ1n) is 8.62. The van der Waals surface area contributed by atoms with Gasteiger partial charge in [0, 0.05) is 18.2 Å². The summed E-state index contributed by atoms with van der Waals surface area (Å²) < 4.78 is 6.45. The van der Waals surface area contributed by atoms with E-state index in [9.17, 15) is 0 Å². The molecule has 0 amide bonds. The van der Waals surface area contributed by atoms with Crippen LogP contribution in [0.3, 0.4) is 0 Å². The molecule has 2 saturated carbocycles. The van der Waals surface area contributed by atoms with Crippen LogP contribution in [-0.4, -0.2) is 12.1 Å². The summed E-state index contributed by atoms with van der Waals surface area (Å²) in [6, 6.07) is 7.28. The molecule has 0 bridgehead atoms. The van der Waals surface area contributed by atoms with Gasteiger partial charge >= 0.3 is 0 Å². The van der Waals surface area contributed by atoms with Crippen molar-refractivity contribution in [1.82, 2.24) is 5.32 Å². The van der Waals surface area contributed by atoms with E-state index in [1.54, 1.807) is 0 Å². The summed E-state index contributed by atoms with van der Waals surface area (Å²) in [7, 11) is 0. The number of para-hydroxylation sites is 1. The van der Waals surface area contributed by atoms with Crippen molar-refractivity contribution in [2.75, 3.05) is 0 Å². The summed E-state index contributed by atoms with van der Waals surface area (Å²) in [5.41, 5.74) is 2.60. The van der Waals surface area contributed by atoms with Crippen LogP contribution in [0.15, 0.2) is 18.2 Å². The largest absolute Gasteiger partial charge is 0.490 e. The maximum absolute atomic E-state index is 6.45. The molecule has 1 aromatic rings. The molecule has 2 nitrogen and oxygen atoms in total. The lowest BCUT2D eigenvalue weighted by molar-refractivity contribution is 0.0989. The molecule has 3 unspecified atom stereocenters. The van der Waals surface area contributed by atoms with Crippen molar-refractivity contribution in [2.24, 2.45) is 11.8 Å². The van der Waals surface area contributed by atoms with Gasteiger partial charge in [-0.3, -0.25) is 0 Å². The molecule has 0 aromatic heterocycles. The molecule has 2 heteroatoms. The normalized spacial score (nSPS) is 29.4. The Morgan fingerprint density at radius 1 is 1.10 bits per heavy atom. The zero-order valence-electron chi connectivity index (χ0n) is 13.7. The molecule has 0 radical (unpaired) electrons. The fourth-order valence-electron chi connectivity index (χ4n) is 3.33. The Bertz CT molecular complexity index is 480. The van der Waals surface area contributed by atoms with Crippen LogP contribution >= 0.6 is 0 Å². The highest BCUT2D eigenvalue weighted by atomic mass is 16.5. The molecule has 1 aromatic carbocycles. The van der Waals surface area contributed by atoms with Crippen LogP contribution in [-0.2, 0) is 6.54 Å². The molecular formula is C19H29NO. The minimum Gasteiger partial charge on any atom is -0.490 e. The first-order chi connectivity index (χ1) is 10.1. The number of hydrogen-bond donors (Lipinski definition) is 1. The van der Waals surface area contributed by atoms with Crippen molar-refractivity contribution >= 4 is 0 Å². The number of aryl methyl sites for hydroxylation is 1. The zero-order valence-corrected chi connectivity index (χ0v) is 13.7. The molecule has 21 heavy (non-hydrogen) atoms. The van der Waals surface area contributed by atoms with Crippen molar-refractivity contribution in [3.63, 3.8) is 0 Å². The third-order valence-electron chi connectivity index (χ3n) is 5.29. The molecule has 2 aliphatic carbocycles. The van der Waals surface area contributed by atoms with E-state index in [-0.39, 0.29) is 0 Å². The number of rotatable bonds is 5. The second kappa shape index (κ2) is 6.39. The predicted molar refractivity (Wildman–Crippen MR) is 87.6 cm³/mol. The van der Waals surface area contributed by atoms with E-state index in [0.717, 1.165) is 30.2 Å². The summed E-state index contributed by atoms with van der Waals surface area (Å²) >= 11 is 0. The Hall–Kier alpha value is -1.02. The van der Waals surface area contributed by atoms with Gasteiger partial charge in [-0.1, -0.05) is 32.0 Å². The first-order valence-corrected chi connectivity index (χ1v) is 8.62. The number of benzene rings is 1. The second-order valence-corrected chi connectivity index (χ2v) is 7.23. The molecule has 3 rings (SSSR count). The van der Waals surface area contributed by atoms with Gasteiger partial charge in [0.25, 0.3) is 0 Å². The Labute approximate surface area is 129 Å². The average Bonchev–Trinajstić information content (AvgIpc) is 3.28. The van der Waals surface area contributed by atoms with Crippen LogP contribution in [0.2, 0.25) is 0 Å². The number of ether oxygens (including phenoxy) is 1. The van der Waals surface area contributed by atoms with E-state index in [1.807, 2.05) is 0 Å². The highest BCUT2D eigenvalue weighted by Crippen LogP contribution is 2.34. The van der Waals surface area contributed by atoms with Gasteiger partial charge in [-0.2, -0.15) is 0 Å². The van der Waals surface area contributed by atoms with E-state index in [4.69, 9.17) is 4.74 Å². The Morgan fingerprint density at radius 2 is 1.90 bits per heavy atom. The van der Waals surface area contributed by atoms with E-state index < -0.39 is 0 Å². The molecule has 0 saturated heterocycles. The summed E-state index contributed by atoms with van der Waals surface area (Å²) in [5, 5.41) is 3.61. The van der Waals surface area contributed by atoms with Gasteiger partial charge in [-0.25, -0.2) is 0 Å². The van der Waals surface area contributed by atoms with Gasteiger partial charge in [0.15, 0.2) is 0 Å². The quantitative estimate of drug-likeness (QED) is 0.864. The van der Waals surface area contributed by atoms with Gasteiger partial charge in [0.2, 0.25) is 0 Å². The SMILES string of the molecule is Cc1cccc(CNC2CC2)c1OC1CCC(C)C(C)C1. The van der Waals surface area contributed by atoms with Crippen LogP contribution in [0.1, 0.15) is 57.1 Å². The molecule has 0 spiro atoms. The first kappa shape index (κ1) is 14.9. The fourth-order valence-corrected chi connectivity index (χ4v) is 3.33. The van der Waals surface area contributed by atoms with E-state index in [0.29, 0.717) is 6.10 Å². The Kier molecular flexibility index (Phi) is 4.54. The van der Waals surface area contributed by atoms with E-state index in [2.05, 4.69) is 44.3 Å². The van der Waals surface area contributed by atoms with Gasteiger partial charge in [-0.05, 0) is 56.4 Å². The molecule has 0 heterocycles. The van der Waals surface area contributed by atoms with Crippen LogP contribution in [0.25, 0.3) is 0 Å². The highest BCUT2D eigenvalue weighted by Gasteiger charge is 2.27. The van der Waals surface area contributed by atoms with Crippen LogP contribution in [0.4, 0.5) is 0 Å². The second-order valence-electron chi connectivity index (χ2n) is 7.23. The van der Waals surface area contributed by atoms with Crippen molar-refractivity contribution in [3.05, 3.63) is 29.3 Å². The maximum atomic E-state index is 6.45. The lowest BCUT2D eigenvalue weighted by Gasteiger charge is -2.33. The highest BCUT2D eigenvalue weighted by molar-refractivity contribution is 5.41. The third kappa shape index (κ3) is 3.79. The molecular weight excluding hydrogens is 258 g/mol. The van der Waals surface area contributed by atoms with E-state index >= 15 is 0 Å². The smallest absolute Gasteiger partial charge is 0.127 e. The minimum absolute atomic E-state index is 0.400. The number of nitrogens with one attached hydrogen (secondary N) is 1. The summed E-state index contributed by atoms with van der Waals surface area (Å²) in [6.45, 7) is 7.86. The summed E-state index contributed by atoms with van der Waals surface area (Å²) in [6.07, 6.45) is 6.77. The van der Waals surface area contributed by atoms with Crippen LogP contribution in [0.5, 0.6) is 5.75 Å². The van der Waals surface area contributed by atoms with Crippen molar-refractivity contribution < 1.29 is 4.74 Å². The zero-order chi connectivity index (χ0) is 14.8. The molecule has 1 N–H and O–H groups in total. The Morgan fingerprint density at radius 3 is 2.62 bits per heavy atom. The van der Waals surface area contributed by atoms with Crippen molar-refractivity contribution in [2.45, 2.75) is 71.6 Å². The van der Waals surface area contributed by atoms with Crippen molar-refractivity contribution in [1.29, 1.82) is 0 Å². The average molecular weight is 287 g/mol. The summed E-state index contributed by atoms with van der Waals surface area (Å²) in [4.78, 5) is 0. The van der Waals surface area contributed by atoms with Gasteiger partial charge in [0.05, 0.1) is 6.10 Å². The van der Waals surface area contributed by atoms with Gasteiger partial charge < -0.3 is 10.1 Å². The topological polar surface area (TPSA) is 21.3 Å². The van der Waals surface area contributed by atoms with E-state index in [1.165, 1.54) is 43.2 Å². The fraction of sp³-hybridized carbons (Fsp3) is 0.684. The molecule has 2 aliphatic rings. The standard InChI is InChI=1S/C19H29NO/c1-13-7-10-18(11-15(13)3)21-19-14(2)5-4-6-16(19)12-20-17-8-9-17/h4-6,13,15,17-18,20H,7-12H2,1-3H3. The molecule has 3 atom stereocenters. The van der Waals surface area contributed by atoms with Crippen LogP contribution < -0.4 is 10.1 Å². The minimum atomic E-state index is 0.400. The Balaban J connectivity index is 1.68. The van der Waals surface area contributed by atoms with Gasteiger partial charge in [-0.15, -0.1) is 0 Å². The van der Waals surface area contributed by atoms with Crippen molar-refractivity contribution in [3.8, 4) is 5.75 Å². The molecule has 116 valence electrons. The monoisotopic (exact) mass is 287 g/mol. The lowest BCUT2D eigenvalue weighted by atomic mass is 9.80. The molecule has 2 fully saturated rings. The summed E-state index contributed by atoms with van der Waals surface area (Å²) in [5.74, 6) is 2.76. The lowest BCUT2D eigenvalue weighted by Crippen LogP contribution is -2.29. The maximum Gasteiger partial charge on any atom is 0.127 e. The third-order valence-corrected chi connectivity index (χ3v) is 5.29. The molecule has 0 aliphatic heterocycles. The van der Waals surface area contributed by atoms with Gasteiger partial charge in [0.1, 0.15) is 5.75 Å². The van der Waals surface area contributed by atoms with Crippen LogP contribution in [0, 0.1) is 18.8 Å². The number of hydrogen-bond acceptors (Lipinski definition) is 2.